The topological polar surface area (TPSA) is 85.1 Å². The average Bonchev–Trinajstić information content (AvgIpc) is 3.27. The van der Waals surface area contributed by atoms with Crippen molar-refractivity contribution in [2.45, 2.75) is 19.7 Å². The lowest BCUT2D eigenvalue weighted by molar-refractivity contribution is 0.284. The summed E-state index contributed by atoms with van der Waals surface area (Å²) in [6, 6.07) is 21.8. The molecule has 4 rings (SSSR count). The van der Waals surface area contributed by atoms with Gasteiger partial charge in [0, 0.05) is 19.8 Å². The van der Waals surface area contributed by atoms with Crippen LogP contribution in [-0.2, 0) is 19.7 Å². The Morgan fingerprint density at radius 1 is 0.906 bits per heavy atom. The Morgan fingerprint density at radius 3 is 2.53 bits per heavy atom. The number of ether oxygens (including phenoxy) is 2. The fourth-order valence-electron chi connectivity index (χ4n) is 3.26. The summed E-state index contributed by atoms with van der Waals surface area (Å²) in [5.41, 5.74) is 2.97. The number of aliphatic imine (C=N–C) groups is 1. The highest BCUT2D eigenvalue weighted by molar-refractivity contribution is 5.79. The molecule has 4 aromatic rings. The Balaban J connectivity index is 1.33. The number of methoxy groups -OCH3 is 1. The fraction of sp³-hybridized carbons (Fsp3) is 0.208. The van der Waals surface area contributed by atoms with Crippen LogP contribution < -0.4 is 20.1 Å². The Bertz CT molecular complexity index is 1190. The van der Waals surface area contributed by atoms with Gasteiger partial charge in [0.2, 0.25) is 0 Å². The van der Waals surface area contributed by atoms with Crippen LogP contribution in [0.15, 0.2) is 77.9 Å². The zero-order valence-electron chi connectivity index (χ0n) is 18.2. The molecular formula is C24H26N6O2. The van der Waals surface area contributed by atoms with E-state index in [0.717, 1.165) is 22.6 Å². The average molecular weight is 431 g/mol. The van der Waals surface area contributed by atoms with Gasteiger partial charge in [0.05, 0.1) is 13.7 Å². The van der Waals surface area contributed by atoms with Gasteiger partial charge in [0.25, 0.3) is 0 Å². The summed E-state index contributed by atoms with van der Waals surface area (Å²) >= 11 is 0. The first kappa shape index (κ1) is 21.2. The van der Waals surface area contributed by atoms with Crippen molar-refractivity contribution in [3.8, 4) is 11.5 Å². The number of fused-ring (bicyclic) bond motifs is 1. The van der Waals surface area contributed by atoms with Crippen molar-refractivity contribution in [1.82, 2.24) is 25.2 Å². The molecule has 2 aromatic heterocycles. The number of aromatic nitrogens is 3. The molecule has 32 heavy (non-hydrogen) atoms. The summed E-state index contributed by atoms with van der Waals surface area (Å²) in [6.07, 6.45) is 1.94. The van der Waals surface area contributed by atoms with Gasteiger partial charge in [0.15, 0.2) is 28.9 Å². The standard InChI is InChI=1S/C24H26N6O2/c1-25-24(27-16-23-29-28-22-10-6-7-13-30(22)23)26-15-19-11-12-20(21(14-19)31-2)32-17-18-8-4-3-5-9-18/h3-14H,15-17H2,1-2H3,(H2,25,26,27). The monoisotopic (exact) mass is 430 g/mol. The molecule has 8 nitrogen and oxygen atoms in total. The Hall–Kier alpha value is -4.07. The first-order valence-corrected chi connectivity index (χ1v) is 10.3. The van der Waals surface area contributed by atoms with Gasteiger partial charge < -0.3 is 20.1 Å². The number of hydrogen-bond acceptors (Lipinski definition) is 5. The Kier molecular flexibility index (Phi) is 6.81. The SMILES string of the molecule is CN=C(NCc1ccc(OCc2ccccc2)c(OC)c1)NCc1nnc2ccccn12. The van der Waals surface area contributed by atoms with Crippen molar-refractivity contribution in [2.75, 3.05) is 14.2 Å². The van der Waals surface area contributed by atoms with Gasteiger partial charge in [-0.15, -0.1) is 10.2 Å². The van der Waals surface area contributed by atoms with Crippen molar-refractivity contribution >= 4 is 11.6 Å². The summed E-state index contributed by atoms with van der Waals surface area (Å²) < 4.78 is 13.4. The van der Waals surface area contributed by atoms with E-state index in [1.165, 1.54) is 0 Å². The molecule has 0 unspecified atom stereocenters. The number of nitrogens with zero attached hydrogens (tertiary/aromatic N) is 4. The van der Waals surface area contributed by atoms with E-state index in [-0.39, 0.29) is 0 Å². The van der Waals surface area contributed by atoms with Crippen molar-refractivity contribution in [3.63, 3.8) is 0 Å². The third-order valence-corrected chi connectivity index (χ3v) is 4.95. The summed E-state index contributed by atoms with van der Waals surface area (Å²) in [7, 11) is 3.38. The molecule has 2 aromatic carbocycles. The number of rotatable bonds is 8. The van der Waals surface area contributed by atoms with Gasteiger partial charge in [-0.05, 0) is 35.4 Å². The highest BCUT2D eigenvalue weighted by Crippen LogP contribution is 2.28. The number of benzene rings is 2. The maximum absolute atomic E-state index is 5.93. The molecule has 0 aliphatic heterocycles. The van der Waals surface area contributed by atoms with Crippen LogP contribution in [0.4, 0.5) is 0 Å². The second kappa shape index (κ2) is 10.3. The quantitative estimate of drug-likeness (QED) is 0.330. The minimum absolute atomic E-state index is 0.489. The second-order valence-corrected chi connectivity index (χ2v) is 7.08. The minimum atomic E-state index is 0.489. The molecule has 2 heterocycles. The van der Waals surface area contributed by atoms with E-state index in [4.69, 9.17) is 9.47 Å². The van der Waals surface area contributed by atoms with Crippen molar-refractivity contribution in [2.24, 2.45) is 4.99 Å². The molecule has 0 aliphatic carbocycles. The zero-order valence-corrected chi connectivity index (χ0v) is 18.2. The number of nitrogens with one attached hydrogen (secondary N) is 2. The van der Waals surface area contributed by atoms with Crippen LogP contribution in [0.2, 0.25) is 0 Å². The van der Waals surface area contributed by atoms with Crippen LogP contribution in [0.5, 0.6) is 11.5 Å². The van der Waals surface area contributed by atoms with Gasteiger partial charge in [-0.25, -0.2) is 0 Å². The minimum Gasteiger partial charge on any atom is -0.493 e. The Morgan fingerprint density at radius 2 is 1.72 bits per heavy atom. The summed E-state index contributed by atoms with van der Waals surface area (Å²) in [4.78, 5) is 4.29. The molecule has 0 aliphatic rings. The lowest BCUT2D eigenvalue weighted by Gasteiger charge is -2.14. The highest BCUT2D eigenvalue weighted by atomic mass is 16.5. The largest absolute Gasteiger partial charge is 0.493 e. The summed E-state index contributed by atoms with van der Waals surface area (Å²) in [6.45, 7) is 1.57. The van der Waals surface area contributed by atoms with Crippen LogP contribution in [0, 0.1) is 0 Å². The predicted molar refractivity (Wildman–Crippen MR) is 124 cm³/mol. The van der Waals surface area contributed by atoms with E-state index < -0.39 is 0 Å². The zero-order chi connectivity index (χ0) is 22.2. The molecule has 0 saturated heterocycles. The molecule has 0 saturated carbocycles. The maximum Gasteiger partial charge on any atom is 0.191 e. The smallest absolute Gasteiger partial charge is 0.191 e. The molecular weight excluding hydrogens is 404 g/mol. The first-order valence-electron chi connectivity index (χ1n) is 10.3. The number of pyridine rings is 1. The van der Waals surface area contributed by atoms with Gasteiger partial charge in [-0.1, -0.05) is 42.5 Å². The van der Waals surface area contributed by atoms with E-state index in [0.29, 0.717) is 37.2 Å². The van der Waals surface area contributed by atoms with Crippen molar-refractivity contribution in [1.29, 1.82) is 0 Å². The van der Waals surface area contributed by atoms with Crippen LogP contribution >= 0.6 is 0 Å². The number of guanidine groups is 1. The molecule has 0 radical (unpaired) electrons. The molecule has 8 heteroatoms. The molecule has 2 N–H and O–H groups in total. The molecule has 0 amide bonds. The third-order valence-electron chi connectivity index (χ3n) is 4.95. The third kappa shape index (κ3) is 5.15. The molecule has 164 valence electrons. The lowest BCUT2D eigenvalue weighted by atomic mass is 10.2. The van der Waals surface area contributed by atoms with E-state index >= 15 is 0 Å². The van der Waals surface area contributed by atoms with Crippen molar-refractivity contribution in [3.05, 3.63) is 89.9 Å². The van der Waals surface area contributed by atoms with Gasteiger partial charge in [-0.3, -0.25) is 9.39 Å². The van der Waals surface area contributed by atoms with Gasteiger partial charge in [0.1, 0.15) is 6.61 Å². The Labute approximate surface area is 186 Å². The second-order valence-electron chi connectivity index (χ2n) is 7.08. The van der Waals surface area contributed by atoms with Crippen molar-refractivity contribution < 1.29 is 9.47 Å². The molecule has 0 bridgehead atoms. The lowest BCUT2D eigenvalue weighted by Crippen LogP contribution is -2.36. The molecule has 0 spiro atoms. The fourth-order valence-corrected chi connectivity index (χ4v) is 3.26. The number of hydrogen-bond donors (Lipinski definition) is 2. The molecule has 0 atom stereocenters. The van der Waals surface area contributed by atoms with Crippen LogP contribution in [0.3, 0.4) is 0 Å². The predicted octanol–water partition coefficient (Wildman–Crippen LogP) is 3.18. The van der Waals surface area contributed by atoms with Gasteiger partial charge >= 0.3 is 0 Å². The van der Waals surface area contributed by atoms with E-state index in [9.17, 15) is 0 Å². The van der Waals surface area contributed by atoms with Gasteiger partial charge in [-0.2, -0.15) is 0 Å². The maximum atomic E-state index is 5.93. The van der Waals surface area contributed by atoms with E-state index in [1.807, 2.05) is 77.3 Å². The van der Waals surface area contributed by atoms with E-state index in [2.05, 4.69) is 25.8 Å². The normalized spacial score (nSPS) is 11.4. The van der Waals surface area contributed by atoms with Crippen LogP contribution in [-0.4, -0.2) is 34.7 Å². The first-order chi connectivity index (χ1) is 15.8. The summed E-state index contributed by atoms with van der Waals surface area (Å²) in [5, 5.41) is 15.0. The summed E-state index contributed by atoms with van der Waals surface area (Å²) in [5.74, 6) is 2.88. The molecule has 0 fully saturated rings. The van der Waals surface area contributed by atoms with Crippen LogP contribution in [0.25, 0.3) is 5.65 Å². The highest BCUT2D eigenvalue weighted by Gasteiger charge is 2.08. The van der Waals surface area contributed by atoms with Crippen LogP contribution in [0.1, 0.15) is 17.0 Å². The van der Waals surface area contributed by atoms with E-state index in [1.54, 1.807) is 14.2 Å².